The lowest BCUT2D eigenvalue weighted by atomic mass is 10.0. The van der Waals surface area contributed by atoms with Crippen LogP contribution in [0.1, 0.15) is 70.0 Å². The summed E-state index contributed by atoms with van der Waals surface area (Å²) < 4.78 is 0. The number of imidazole rings is 2. The maximum Gasteiger partial charge on any atom is 0.303 e. The first-order chi connectivity index (χ1) is 49.4. The van der Waals surface area contributed by atoms with E-state index in [0.29, 0.717) is 22.0 Å². The fourth-order valence-electron chi connectivity index (χ4n) is 10.5. The van der Waals surface area contributed by atoms with Gasteiger partial charge in [0, 0.05) is 96.0 Å². The van der Waals surface area contributed by atoms with E-state index in [2.05, 4.69) is 88.7 Å². The number of carbonyl (C=O) groups is 14. The number of benzene rings is 2. The van der Waals surface area contributed by atoms with Gasteiger partial charge in [0.15, 0.2) is 0 Å². The molecule has 2 aromatic carbocycles. The number of carboxylic acid groups (broad SMARTS) is 1. The summed E-state index contributed by atoms with van der Waals surface area (Å²) in [6, 6.07) is -8.20. The van der Waals surface area contributed by atoms with Crippen LogP contribution in [0.4, 0.5) is 0 Å². The number of aliphatic hydroxyl groups is 1. The van der Waals surface area contributed by atoms with Crippen molar-refractivity contribution in [3.63, 3.8) is 0 Å². The molecule has 0 saturated carbocycles. The molecule has 104 heavy (non-hydrogen) atoms. The van der Waals surface area contributed by atoms with E-state index < -0.39 is 198 Å². The highest BCUT2D eigenvalue weighted by Crippen LogP contribution is 2.26. The highest BCUT2D eigenvalue weighted by atomic mass is 33.1. The van der Waals surface area contributed by atoms with Gasteiger partial charge in [-0.15, -0.1) is 0 Å². The van der Waals surface area contributed by atoms with Crippen LogP contribution in [0.3, 0.4) is 0 Å². The summed E-state index contributed by atoms with van der Waals surface area (Å²) in [6.07, 6.45) is 2.48. The van der Waals surface area contributed by atoms with Gasteiger partial charge in [-0.25, -0.2) is 9.97 Å². The summed E-state index contributed by atoms with van der Waals surface area (Å²) >= 11 is 0. The van der Waals surface area contributed by atoms with Crippen LogP contribution in [0.2, 0.25) is 0 Å². The van der Waals surface area contributed by atoms with Crippen LogP contribution in [0.5, 0.6) is 5.75 Å². The number of aromatic nitrogens is 5. The van der Waals surface area contributed by atoms with E-state index in [1.807, 2.05) is 0 Å². The normalized spacial score (nSPS) is 26.3. The molecule has 36 nitrogen and oxygen atoms in total. The summed E-state index contributed by atoms with van der Waals surface area (Å²) in [5.41, 5.74) is 14.0. The molecule has 0 unspecified atom stereocenters. The van der Waals surface area contributed by atoms with Gasteiger partial charge in [0.1, 0.15) is 78.3 Å². The third-order valence-corrected chi connectivity index (χ3v) is 21.3. The van der Waals surface area contributed by atoms with Crippen LogP contribution in [0.15, 0.2) is 79.8 Å². The Morgan fingerprint density at radius 3 is 1.52 bits per heavy atom. The number of carbonyl (C=O) groups excluding carboxylic acids is 13. The first-order valence-corrected chi connectivity index (χ1v) is 37.8. The van der Waals surface area contributed by atoms with E-state index in [1.165, 1.54) is 70.1 Å². The largest absolute Gasteiger partial charge is 0.508 e. The van der Waals surface area contributed by atoms with Crippen LogP contribution in [0.25, 0.3) is 10.9 Å². The molecule has 7 rings (SSSR count). The number of amides is 13. The Hall–Kier alpha value is -9.90. The van der Waals surface area contributed by atoms with Gasteiger partial charge in [-0.2, -0.15) is 0 Å². The third kappa shape index (κ3) is 24.4. The number of nitrogens with one attached hydrogen (secondary N) is 15. The minimum Gasteiger partial charge on any atom is -0.508 e. The number of fused-ring (bicyclic) bond motifs is 6. The molecular formula is C64H85N19O17S4. The van der Waals surface area contributed by atoms with Crippen molar-refractivity contribution in [2.45, 2.75) is 158 Å². The summed E-state index contributed by atoms with van der Waals surface area (Å²) in [6.45, 7) is 6.88. The lowest BCUT2D eigenvalue weighted by Crippen LogP contribution is -2.62. The predicted molar refractivity (Wildman–Crippen MR) is 383 cm³/mol. The average molecular weight is 1520 g/mol. The van der Waals surface area contributed by atoms with Crippen LogP contribution in [-0.4, -0.2) is 231 Å². The van der Waals surface area contributed by atoms with Gasteiger partial charge in [-0.05, 0) is 62.4 Å². The smallest absolute Gasteiger partial charge is 0.303 e. The lowest BCUT2D eigenvalue weighted by Gasteiger charge is -2.29. The Bertz CT molecular complexity index is 3870. The fraction of sp³-hybridized carbons (Fsp3) is 0.469. The van der Waals surface area contributed by atoms with E-state index in [0.717, 1.165) is 43.2 Å². The Labute approximate surface area is 611 Å². The standard InChI is InChI=1S/C64H85N19O17S4/c1-29(2)50-63(99)73-31(4)54(90)75-42(16-33-10-12-37(85)13-11-33)57(93)80-47-25-103-104-26-48(62(98)76-43(17-34-20-69-40-9-7-6-8-38(34)40)60(96)83-51(32(5)84)64(100)79-46(52(66)88)24-102-101-23-39(65)55(91)82-50)81-59(95)45(19-36-22-68-28-71-36)78-58(94)44(18-35-21-67-27-70-35)77-56(92)41(14-15-49(86)87)74-53(89)30(3)72-61(47)97/h6-13,20-22,27-32,39,41-48,50-51,69,84-85H,14-19,23-26,65H2,1-5H3,(H2,66,88)(H,67,70)(H,68,71)(H,72,97)(H,73,99)(H,74,89)(H,75,90)(H,76,98)(H,77,92)(H,78,94)(H,79,100)(H,80,93)(H,81,95)(H,82,91)(H,83,96)(H,86,87)/t30-,31-,32+,39-,41-,42-,43-,44-,45-,46-,47-,48-,50-,51-/m0/s1. The molecule has 0 spiro atoms. The molecule has 2 aliphatic rings. The van der Waals surface area contributed by atoms with Crippen LogP contribution < -0.4 is 75.3 Å². The van der Waals surface area contributed by atoms with Gasteiger partial charge < -0.3 is 106 Å². The van der Waals surface area contributed by atoms with Crippen molar-refractivity contribution in [2.24, 2.45) is 17.4 Å². The zero-order chi connectivity index (χ0) is 75.9. The minimum atomic E-state index is -1.85. The van der Waals surface area contributed by atoms with Crippen molar-refractivity contribution in [1.29, 1.82) is 0 Å². The SMILES string of the molecule is CC(C)[C@@H]1NC(=O)[C@@H](N)CSSC[C@@H](C(N)=O)NC(=O)[C@H]([C@@H](C)O)NC(=O)[C@H](Cc2c[nH]c3ccccc23)NC(=O)[C@@H]2CSSC[C@H](NC(=O)[C@H](Cc3ccc(O)cc3)NC(=O)[C@H](C)NC1=O)C(=O)N[C@@H](C)C(=O)N[C@@H](CCC(=O)O)C(=O)N[C@@H](Cc1cnc[nH]1)C(=O)N[C@@H](Cc1cnc[nH]1)C(=O)N2. The molecule has 3 aromatic heterocycles. The molecule has 2 aliphatic heterocycles. The van der Waals surface area contributed by atoms with Gasteiger partial charge >= 0.3 is 5.97 Å². The second-order valence-electron chi connectivity index (χ2n) is 25.0. The quantitative estimate of drug-likeness (QED) is 0.0471. The predicted octanol–water partition coefficient (Wildman–Crippen LogP) is -4.05. The maximum atomic E-state index is 15.3. The summed E-state index contributed by atoms with van der Waals surface area (Å²) in [7, 11) is 3.62. The number of primary amides is 1. The summed E-state index contributed by atoms with van der Waals surface area (Å²) in [5, 5.41) is 62.4. The van der Waals surface area contributed by atoms with Gasteiger partial charge in [0.05, 0.1) is 24.8 Å². The van der Waals surface area contributed by atoms with E-state index >= 15 is 9.59 Å². The fourth-order valence-corrected chi connectivity index (χ4v) is 15.1. The van der Waals surface area contributed by atoms with E-state index in [4.69, 9.17) is 11.5 Å². The molecule has 5 heterocycles. The number of carboxylic acids is 1. The molecule has 0 radical (unpaired) electrons. The second kappa shape index (κ2) is 39.1. The molecule has 0 aliphatic carbocycles. The molecule has 5 aromatic rings. The maximum absolute atomic E-state index is 15.3. The molecule has 40 heteroatoms. The number of aliphatic carboxylic acids is 1. The Morgan fingerprint density at radius 2 is 0.971 bits per heavy atom. The van der Waals surface area contributed by atoms with Crippen molar-refractivity contribution in [1.82, 2.24) is 88.7 Å². The van der Waals surface area contributed by atoms with E-state index in [9.17, 15) is 72.9 Å². The number of nitrogens with two attached hydrogens (primary N) is 2. The molecular weight excluding hydrogens is 1440 g/mol. The van der Waals surface area contributed by atoms with Gasteiger partial charge in [0.25, 0.3) is 0 Å². The number of aliphatic hydroxyl groups excluding tert-OH is 1. The topological polar surface area (TPSA) is 569 Å². The van der Waals surface area contributed by atoms with Gasteiger partial charge in [-0.3, -0.25) is 67.1 Å². The number of aromatic amines is 3. The van der Waals surface area contributed by atoms with Gasteiger partial charge in [-0.1, -0.05) is 87.4 Å². The number of rotatable bonds is 14. The molecule has 2 fully saturated rings. The summed E-state index contributed by atoms with van der Waals surface area (Å²) in [5.74, 6) is -16.6. The highest BCUT2D eigenvalue weighted by molar-refractivity contribution is 8.77. The Balaban J connectivity index is 1.34. The molecule has 22 N–H and O–H groups in total. The van der Waals surface area contributed by atoms with Crippen LogP contribution in [-0.2, 0) is 92.8 Å². The number of nitrogens with zero attached hydrogens (tertiary/aromatic N) is 2. The first kappa shape index (κ1) is 81.4. The number of para-hydroxylation sites is 1. The number of hydrogen-bond donors (Lipinski definition) is 20. The number of phenols is 1. The number of hydrogen-bond acceptors (Lipinski definition) is 23. The van der Waals surface area contributed by atoms with Crippen molar-refractivity contribution in [3.05, 3.63) is 102 Å². The lowest BCUT2D eigenvalue weighted by molar-refractivity contribution is -0.138. The molecule has 2 bridgehead atoms. The molecule has 562 valence electrons. The zero-order valence-electron chi connectivity index (χ0n) is 57.0. The van der Waals surface area contributed by atoms with Crippen LogP contribution in [0, 0.1) is 5.92 Å². The molecule has 2 saturated heterocycles. The third-order valence-electron chi connectivity index (χ3n) is 16.4. The number of phenolic OH excluding ortho intramolecular Hbond substituents is 1. The number of aromatic hydroxyl groups is 1. The van der Waals surface area contributed by atoms with Crippen molar-refractivity contribution in [3.8, 4) is 5.75 Å². The Kier molecular flexibility index (Phi) is 30.6. The zero-order valence-corrected chi connectivity index (χ0v) is 60.2. The van der Waals surface area contributed by atoms with Crippen molar-refractivity contribution in [2.75, 3.05) is 23.0 Å². The number of H-pyrrole nitrogens is 3. The molecule has 14 atom stereocenters. The second-order valence-corrected chi connectivity index (χ2v) is 30.1. The minimum absolute atomic E-state index is 0.132. The van der Waals surface area contributed by atoms with E-state index in [1.54, 1.807) is 44.3 Å². The monoisotopic (exact) mass is 1520 g/mol. The van der Waals surface area contributed by atoms with Crippen molar-refractivity contribution < 1.29 is 82.4 Å². The first-order valence-electron chi connectivity index (χ1n) is 32.8. The van der Waals surface area contributed by atoms with Crippen LogP contribution >= 0.6 is 43.2 Å². The van der Waals surface area contributed by atoms with E-state index in [-0.39, 0.29) is 54.3 Å². The Morgan fingerprint density at radius 1 is 0.510 bits per heavy atom. The van der Waals surface area contributed by atoms with Gasteiger partial charge in [0.2, 0.25) is 76.8 Å². The van der Waals surface area contributed by atoms with Crippen molar-refractivity contribution >= 4 is 137 Å². The molecule has 13 amide bonds. The summed E-state index contributed by atoms with van der Waals surface area (Å²) in [4.78, 5) is 216. The highest BCUT2D eigenvalue weighted by Gasteiger charge is 2.39. The average Bonchev–Trinajstić information content (AvgIpc) is 1.06.